The van der Waals surface area contributed by atoms with Gasteiger partial charge in [-0.1, -0.05) is 13.8 Å². The Morgan fingerprint density at radius 3 is 2.31 bits per heavy atom. The van der Waals surface area contributed by atoms with Crippen LogP contribution >= 0.6 is 0 Å². The van der Waals surface area contributed by atoms with E-state index in [1.165, 1.54) is 0 Å². The van der Waals surface area contributed by atoms with Gasteiger partial charge in [-0.25, -0.2) is 0 Å². The highest BCUT2D eigenvalue weighted by atomic mass is 16.2. The zero-order valence-corrected chi connectivity index (χ0v) is 11.3. The van der Waals surface area contributed by atoms with Gasteiger partial charge in [-0.05, 0) is 39.8 Å². The number of nitrogens with one attached hydrogen (secondary N) is 1. The maximum absolute atomic E-state index is 11.7. The SMILES string of the molecule is CC(C)C(C)NC(=O)CN(C)C(C)CCN. The van der Waals surface area contributed by atoms with E-state index < -0.39 is 0 Å². The first kappa shape index (κ1) is 15.4. The second kappa shape index (κ2) is 7.63. The fourth-order valence-corrected chi connectivity index (χ4v) is 1.31. The van der Waals surface area contributed by atoms with E-state index in [0.29, 0.717) is 25.0 Å². The second-order valence-corrected chi connectivity index (χ2v) is 4.94. The van der Waals surface area contributed by atoms with Gasteiger partial charge in [-0.2, -0.15) is 0 Å². The number of nitrogens with two attached hydrogens (primary N) is 1. The van der Waals surface area contributed by atoms with Crippen LogP contribution in [0.2, 0.25) is 0 Å². The standard InChI is InChI=1S/C12H27N3O/c1-9(2)11(4)14-12(16)8-15(5)10(3)6-7-13/h9-11H,6-8,13H2,1-5H3,(H,14,16). The van der Waals surface area contributed by atoms with E-state index in [-0.39, 0.29) is 11.9 Å². The Kier molecular flexibility index (Phi) is 7.34. The molecule has 1 amide bonds. The first-order valence-electron chi connectivity index (χ1n) is 6.08. The fraction of sp³-hybridized carbons (Fsp3) is 0.917. The van der Waals surface area contributed by atoms with Gasteiger partial charge < -0.3 is 11.1 Å². The van der Waals surface area contributed by atoms with Gasteiger partial charge in [0.15, 0.2) is 0 Å². The van der Waals surface area contributed by atoms with E-state index in [1.54, 1.807) is 0 Å². The third-order valence-corrected chi connectivity index (χ3v) is 3.12. The molecule has 0 aromatic heterocycles. The van der Waals surface area contributed by atoms with Gasteiger partial charge in [-0.3, -0.25) is 9.69 Å². The van der Waals surface area contributed by atoms with Gasteiger partial charge in [0, 0.05) is 12.1 Å². The van der Waals surface area contributed by atoms with E-state index in [2.05, 4.69) is 26.1 Å². The number of hydrogen-bond acceptors (Lipinski definition) is 3. The van der Waals surface area contributed by atoms with Crippen LogP contribution in [0.1, 0.15) is 34.1 Å². The van der Waals surface area contributed by atoms with Crippen molar-refractivity contribution in [2.75, 3.05) is 20.1 Å². The molecule has 0 heterocycles. The van der Waals surface area contributed by atoms with Crippen molar-refractivity contribution in [3.05, 3.63) is 0 Å². The van der Waals surface area contributed by atoms with Gasteiger partial charge in [0.05, 0.1) is 6.54 Å². The fourth-order valence-electron chi connectivity index (χ4n) is 1.31. The van der Waals surface area contributed by atoms with Crippen LogP contribution < -0.4 is 11.1 Å². The summed E-state index contributed by atoms with van der Waals surface area (Å²) in [5.74, 6) is 0.559. The van der Waals surface area contributed by atoms with Crippen LogP contribution in [0.5, 0.6) is 0 Å². The molecule has 4 heteroatoms. The smallest absolute Gasteiger partial charge is 0.234 e. The van der Waals surface area contributed by atoms with Crippen LogP contribution in [0, 0.1) is 5.92 Å². The third-order valence-electron chi connectivity index (χ3n) is 3.12. The predicted octanol–water partition coefficient (Wildman–Crippen LogP) is 0.816. The zero-order chi connectivity index (χ0) is 12.7. The number of carbonyl (C=O) groups excluding carboxylic acids is 1. The number of hydrogen-bond donors (Lipinski definition) is 2. The zero-order valence-electron chi connectivity index (χ0n) is 11.3. The third kappa shape index (κ3) is 6.08. The normalized spacial score (nSPS) is 15.2. The molecule has 0 spiro atoms. The lowest BCUT2D eigenvalue weighted by molar-refractivity contribution is -0.123. The molecule has 0 saturated heterocycles. The molecule has 0 aromatic rings. The van der Waals surface area contributed by atoms with Crippen LogP contribution in [-0.2, 0) is 4.79 Å². The topological polar surface area (TPSA) is 58.4 Å². The summed E-state index contributed by atoms with van der Waals surface area (Å²) in [6.07, 6.45) is 0.920. The summed E-state index contributed by atoms with van der Waals surface area (Å²) in [6, 6.07) is 0.579. The van der Waals surface area contributed by atoms with Crippen molar-refractivity contribution < 1.29 is 4.79 Å². The molecule has 0 saturated carbocycles. The van der Waals surface area contributed by atoms with Crippen LogP contribution in [0.25, 0.3) is 0 Å². The number of amides is 1. The molecule has 0 aliphatic carbocycles. The van der Waals surface area contributed by atoms with E-state index >= 15 is 0 Å². The molecule has 2 unspecified atom stereocenters. The van der Waals surface area contributed by atoms with E-state index in [9.17, 15) is 4.79 Å². The van der Waals surface area contributed by atoms with Crippen LogP contribution in [0.4, 0.5) is 0 Å². The Balaban J connectivity index is 3.95. The highest BCUT2D eigenvalue weighted by Gasteiger charge is 2.15. The Labute approximate surface area is 99.6 Å². The van der Waals surface area contributed by atoms with Crippen LogP contribution in [-0.4, -0.2) is 43.0 Å². The summed E-state index contributed by atoms with van der Waals surface area (Å²) in [6.45, 7) is 9.43. The molecule has 96 valence electrons. The van der Waals surface area contributed by atoms with Gasteiger partial charge >= 0.3 is 0 Å². The Hall–Kier alpha value is -0.610. The molecule has 0 fully saturated rings. The van der Waals surface area contributed by atoms with Crippen molar-refractivity contribution >= 4 is 5.91 Å². The lowest BCUT2D eigenvalue weighted by Gasteiger charge is -2.25. The largest absolute Gasteiger partial charge is 0.352 e. The molecule has 0 rings (SSSR count). The van der Waals surface area contributed by atoms with Crippen molar-refractivity contribution in [1.82, 2.24) is 10.2 Å². The highest BCUT2D eigenvalue weighted by Crippen LogP contribution is 2.01. The lowest BCUT2D eigenvalue weighted by atomic mass is 10.1. The Morgan fingerprint density at radius 1 is 1.31 bits per heavy atom. The van der Waals surface area contributed by atoms with Crippen molar-refractivity contribution in [3.63, 3.8) is 0 Å². The summed E-state index contributed by atoms with van der Waals surface area (Å²) in [4.78, 5) is 13.7. The molecule has 3 N–H and O–H groups in total. The predicted molar refractivity (Wildman–Crippen MR) is 68.2 cm³/mol. The van der Waals surface area contributed by atoms with Gasteiger partial charge in [-0.15, -0.1) is 0 Å². The second-order valence-electron chi connectivity index (χ2n) is 4.94. The summed E-state index contributed by atoms with van der Waals surface area (Å²) in [5.41, 5.74) is 5.49. The van der Waals surface area contributed by atoms with Crippen molar-refractivity contribution in [1.29, 1.82) is 0 Å². The minimum Gasteiger partial charge on any atom is -0.352 e. The molecule has 0 bridgehead atoms. The van der Waals surface area contributed by atoms with E-state index in [1.807, 2.05) is 18.9 Å². The summed E-state index contributed by atoms with van der Waals surface area (Å²) >= 11 is 0. The van der Waals surface area contributed by atoms with Gasteiger partial charge in [0.25, 0.3) is 0 Å². The molecule has 4 nitrogen and oxygen atoms in total. The quantitative estimate of drug-likeness (QED) is 0.679. The lowest BCUT2D eigenvalue weighted by Crippen LogP contribution is -2.44. The van der Waals surface area contributed by atoms with Crippen molar-refractivity contribution in [3.8, 4) is 0 Å². The first-order chi connectivity index (χ1) is 7.38. The number of rotatable bonds is 7. The van der Waals surface area contributed by atoms with Crippen LogP contribution in [0.15, 0.2) is 0 Å². The Bertz CT molecular complexity index is 206. The minimum absolute atomic E-state index is 0.0903. The molecule has 2 atom stereocenters. The van der Waals surface area contributed by atoms with Gasteiger partial charge in [0.1, 0.15) is 0 Å². The molecule has 0 aliphatic rings. The average molecular weight is 229 g/mol. The summed E-state index contributed by atoms with van der Waals surface area (Å²) < 4.78 is 0. The number of nitrogens with zero attached hydrogens (tertiary/aromatic N) is 1. The summed E-state index contributed by atoms with van der Waals surface area (Å²) in [5, 5.41) is 3.00. The molecule has 16 heavy (non-hydrogen) atoms. The molecular weight excluding hydrogens is 202 g/mol. The average Bonchev–Trinajstić information content (AvgIpc) is 2.17. The molecule has 0 aliphatic heterocycles. The van der Waals surface area contributed by atoms with Crippen molar-refractivity contribution in [2.45, 2.75) is 46.2 Å². The monoisotopic (exact) mass is 229 g/mol. The molecule has 0 radical (unpaired) electrons. The summed E-state index contributed by atoms with van der Waals surface area (Å²) in [7, 11) is 1.96. The van der Waals surface area contributed by atoms with Crippen molar-refractivity contribution in [2.24, 2.45) is 11.7 Å². The van der Waals surface area contributed by atoms with E-state index in [0.717, 1.165) is 6.42 Å². The molecular formula is C12H27N3O. The maximum Gasteiger partial charge on any atom is 0.234 e. The minimum atomic E-state index is 0.0903. The van der Waals surface area contributed by atoms with Crippen LogP contribution in [0.3, 0.4) is 0 Å². The maximum atomic E-state index is 11.7. The van der Waals surface area contributed by atoms with Gasteiger partial charge in [0.2, 0.25) is 5.91 Å². The van der Waals surface area contributed by atoms with E-state index in [4.69, 9.17) is 5.73 Å². The first-order valence-corrected chi connectivity index (χ1v) is 6.08. The Morgan fingerprint density at radius 2 is 1.88 bits per heavy atom. The number of carbonyl (C=O) groups is 1. The molecule has 0 aromatic carbocycles. The highest BCUT2D eigenvalue weighted by molar-refractivity contribution is 5.78. The number of likely N-dealkylation sites (N-methyl/N-ethyl adjacent to an activating group) is 1.